The lowest BCUT2D eigenvalue weighted by molar-refractivity contribution is 0.0469. The first-order valence-electron chi connectivity index (χ1n) is 7.83. The zero-order chi connectivity index (χ0) is 18.0. The molecule has 0 saturated heterocycles. The fourth-order valence-electron chi connectivity index (χ4n) is 2.64. The van der Waals surface area contributed by atoms with Gasteiger partial charge in [-0.2, -0.15) is 0 Å². The Bertz CT molecular complexity index is 1000. The van der Waals surface area contributed by atoms with Crippen LogP contribution in [0.5, 0.6) is 0 Å². The molecule has 0 aliphatic carbocycles. The van der Waals surface area contributed by atoms with Gasteiger partial charge in [0.2, 0.25) is 0 Å². The van der Waals surface area contributed by atoms with Crippen LogP contribution in [0.1, 0.15) is 27.0 Å². The van der Waals surface area contributed by atoms with E-state index in [1.807, 2.05) is 44.4 Å². The van der Waals surface area contributed by atoms with Crippen LogP contribution in [0.15, 0.2) is 56.6 Å². The highest BCUT2D eigenvalue weighted by molar-refractivity contribution is 7.98. The minimum absolute atomic E-state index is 0.0200. The molecule has 3 rings (SSSR count). The van der Waals surface area contributed by atoms with E-state index in [4.69, 9.17) is 9.15 Å². The minimum Gasteiger partial charge on any atom is -0.457 e. The summed E-state index contributed by atoms with van der Waals surface area (Å²) in [5.74, 6) is -0.407. The minimum atomic E-state index is -0.452. The van der Waals surface area contributed by atoms with Gasteiger partial charge in [0.25, 0.3) is 0 Å². The Labute approximate surface area is 149 Å². The van der Waals surface area contributed by atoms with Crippen molar-refractivity contribution in [3.05, 3.63) is 75.1 Å². The van der Waals surface area contributed by atoms with E-state index in [9.17, 15) is 9.59 Å². The Balaban J connectivity index is 1.92. The van der Waals surface area contributed by atoms with Crippen molar-refractivity contribution in [2.24, 2.45) is 0 Å². The maximum Gasteiger partial charge on any atom is 0.339 e. The molecule has 5 heteroatoms. The van der Waals surface area contributed by atoms with E-state index >= 15 is 0 Å². The second-order valence-corrected chi connectivity index (χ2v) is 6.65. The number of carbonyl (C=O) groups excluding carboxylic acids is 1. The molecule has 0 radical (unpaired) electrons. The van der Waals surface area contributed by atoms with Crippen LogP contribution < -0.4 is 5.63 Å². The molecule has 4 nitrogen and oxygen atoms in total. The molecule has 0 bridgehead atoms. The van der Waals surface area contributed by atoms with Gasteiger partial charge in [-0.25, -0.2) is 9.59 Å². The lowest BCUT2D eigenvalue weighted by Gasteiger charge is -2.10. The maximum absolute atomic E-state index is 12.4. The smallest absolute Gasteiger partial charge is 0.339 e. The van der Waals surface area contributed by atoms with Gasteiger partial charge in [0.15, 0.2) is 0 Å². The summed E-state index contributed by atoms with van der Waals surface area (Å²) in [6.07, 6.45) is 1.91. The van der Waals surface area contributed by atoms with Gasteiger partial charge in [-0.3, -0.25) is 0 Å². The van der Waals surface area contributed by atoms with Crippen molar-refractivity contribution in [2.45, 2.75) is 25.3 Å². The first-order chi connectivity index (χ1) is 12.0. The van der Waals surface area contributed by atoms with E-state index in [0.717, 1.165) is 21.4 Å². The Hall–Kier alpha value is -2.53. The first-order valence-corrected chi connectivity index (χ1v) is 9.06. The highest BCUT2D eigenvalue weighted by Crippen LogP contribution is 2.24. The summed E-state index contributed by atoms with van der Waals surface area (Å²) in [6.45, 7) is 3.97. The van der Waals surface area contributed by atoms with Crippen LogP contribution in [0.25, 0.3) is 11.0 Å². The summed E-state index contributed by atoms with van der Waals surface area (Å²) >= 11 is 1.49. The molecular weight excluding hydrogens is 336 g/mol. The molecule has 25 heavy (non-hydrogen) atoms. The van der Waals surface area contributed by atoms with Gasteiger partial charge in [0.05, 0.1) is 5.56 Å². The van der Waals surface area contributed by atoms with Crippen molar-refractivity contribution < 1.29 is 13.9 Å². The fourth-order valence-corrected chi connectivity index (χ4v) is 3.22. The average molecular weight is 354 g/mol. The summed E-state index contributed by atoms with van der Waals surface area (Å²) < 4.78 is 10.7. The lowest BCUT2D eigenvalue weighted by atomic mass is 10.0. The molecular formula is C20H18O4S. The van der Waals surface area contributed by atoms with Crippen LogP contribution >= 0.6 is 11.8 Å². The van der Waals surface area contributed by atoms with Crippen LogP contribution in [0.3, 0.4) is 0 Å². The van der Waals surface area contributed by atoms with E-state index in [1.165, 1.54) is 17.8 Å². The molecule has 0 aliphatic heterocycles. The summed E-state index contributed by atoms with van der Waals surface area (Å²) in [7, 11) is 0. The van der Waals surface area contributed by atoms with Crippen LogP contribution in [0.4, 0.5) is 0 Å². The third kappa shape index (κ3) is 3.61. The zero-order valence-corrected chi connectivity index (χ0v) is 15.1. The van der Waals surface area contributed by atoms with Crippen molar-refractivity contribution in [2.75, 3.05) is 6.26 Å². The Kier molecular flexibility index (Phi) is 4.95. The van der Waals surface area contributed by atoms with Crippen molar-refractivity contribution in [3.63, 3.8) is 0 Å². The second kappa shape index (κ2) is 7.15. The van der Waals surface area contributed by atoms with Crippen LogP contribution in [-0.2, 0) is 11.3 Å². The monoisotopic (exact) mass is 354 g/mol. The SMILES string of the molecule is CSc1ccccc1C(=O)OCc1cc(=O)oc2cc(C)c(C)cc12. The van der Waals surface area contributed by atoms with E-state index in [2.05, 4.69) is 0 Å². The summed E-state index contributed by atoms with van der Waals surface area (Å²) in [5.41, 5.74) is 3.34. The number of hydrogen-bond acceptors (Lipinski definition) is 5. The van der Waals surface area contributed by atoms with Gasteiger partial charge in [0, 0.05) is 21.9 Å². The lowest BCUT2D eigenvalue weighted by Crippen LogP contribution is -2.09. The molecule has 1 aromatic heterocycles. The molecule has 0 aliphatic rings. The molecule has 0 atom stereocenters. The summed E-state index contributed by atoms with van der Waals surface area (Å²) in [4.78, 5) is 25.1. The molecule has 0 amide bonds. The molecule has 0 fully saturated rings. The second-order valence-electron chi connectivity index (χ2n) is 5.80. The number of rotatable bonds is 4. The molecule has 0 spiro atoms. The molecule has 1 heterocycles. The van der Waals surface area contributed by atoms with Crippen LogP contribution in [0.2, 0.25) is 0 Å². The number of carbonyl (C=O) groups is 1. The van der Waals surface area contributed by atoms with Crippen LogP contribution in [0, 0.1) is 13.8 Å². The number of thioether (sulfide) groups is 1. The van der Waals surface area contributed by atoms with Gasteiger partial charge in [-0.1, -0.05) is 12.1 Å². The van der Waals surface area contributed by atoms with Crippen molar-refractivity contribution in [1.29, 1.82) is 0 Å². The largest absolute Gasteiger partial charge is 0.457 e. The molecule has 128 valence electrons. The average Bonchev–Trinajstić information content (AvgIpc) is 2.60. The van der Waals surface area contributed by atoms with Crippen LogP contribution in [-0.4, -0.2) is 12.2 Å². The highest BCUT2D eigenvalue weighted by atomic mass is 32.2. The summed E-state index contributed by atoms with van der Waals surface area (Å²) in [6, 6.07) is 12.5. The van der Waals surface area contributed by atoms with Gasteiger partial charge >= 0.3 is 11.6 Å². The third-order valence-corrected chi connectivity index (χ3v) is 4.93. The molecule has 0 saturated carbocycles. The number of benzene rings is 2. The van der Waals surface area contributed by atoms with Crippen molar-refractivity contribution in [1.82, 2.24) is 0 Å². The Morgan fingerprint density at radius 3 is 2.60 bits per heavy atom. The van der Waals surface area contributed by atoms with E-state index in [-0.39, 0.29) is 6.61 Å². The van der Waals surface area contributed by atoms with Gasteiger partial charge in [0.1, 0.15) is 12.2 Å². The number of aryl methyl sites for hydroxylation is 2. The van der Waals surface area contributed by atoms with E-state index in [0.29, 0.717) is 16.7 Å². The number of ether oxygens (including phenoxy) is 1. The van der Waals surface area contributed by atoms with Gasteiger partial charge < -0.3 is 9.15 Å². The maximum atomic E-state index is 12.4. The quantitative estimate of drug-likeness (QED) is 0.392. The standard InChI is InChI=1S/C20H18O4S/c1-12-8-16-14(10-19(21)24-17(16)9-13(12)2)11-23-20(22)15-6-4-5-7-18(15)25-3/h4-10H,11H2,1-3H3. The Morgan fingerprint density at radius 2 is 1.84 bits per heavy atom. The highest BCUT2D eigenvalue weighted by Gasteiger charge is 2.14. The molecule has 3 aromatic rings. The predicted molar refractivity (Wildman–Crippen MR) is 99.3 cm³/mol. The number of esters is 1. The topological polar surface area (TPSA) is 56.5 Å². The zero-order valence-electron chi connectivity index (χ0n) is 14.3. The van der Waals surface area contributed by atoms with Gasteiger partial charge in [-0.15, -0.1) is 11.8 Å². The first kappa shape index (κ1) is 17.3. The van der Waals surface area contributed by atoms with E-state index < -0.39 is 11.6 Å². The molecule has 0 unspecified atom stereocenters. The molecule has 2 aromatic carbocycles. The van der Waals surface area contributed by atoms with E-state index in [1.54, 1.807) is 12.1 Å². The third-order valence-electron chi connectivity index (χ3n) is 4.13. The summed E-state index contributed by atoms with van der Waals surface area (Å²) in [5, 5.41) is 0.786. The number of hydrogen-bond donors (Lipinski definition) is 0. The van der Waals surface area contributed by atoms with Crippen molar-refractivity contribution in [3.8, 4) is 0 Å². The Morgan fingerprint density at radius 1 is 1.12 bits per heavy atom. The number of fused-ring (bicyclic) bond motifs is 1. The predicted octanol–water partition coefficient (Wildman–Crippen LogP) is 4.49. The molecule has 0 N–H and O–H groups in total. The van der Waals surface area contributed by atoms with Gasteiger partial charge in [-0.05, 0) is 55.5 Å². The fraction of sp³-hybridized carbons (Fsp3) is 0.200. The normalized spacial score (nSPS) is 10.8. The van der Waals surface area contributed by atoms with Crippen molar-refractivity contribution >= 4 is 28.7 Å².